The zero-order chi connectivity index (χ0) is 23.1. The maximum absolute atomic E-state index is 12.2. The summed E-state index contributed by atoms with van der Waals surface area (Å²) in [5.41, 5.74) is 7.02. The van der Waals surface area contributed by atoms with Crippen molar-refractivity contribution in [2.24, 2.45) is 5.73 Å². The summed E-state index contributed by atoms with van der Waals surface area (Å²) in [5, 5.41) is 6.49. The van der Waals surface area contributed by atoms with E-state index in [9.17, 15) is 9.59 Å². The summed E-state index contributed by atoms with van der Waals surface area (Å²) in [7, 11) is 0. The number of aromatic nitrogens is 1. The maximum Gasteiger partial charge on any atom is 0.319 e. The van der Waals surface area contributed by atoms with Crippen LogP contribution in [0.5, 0.6) is 5.88 Å². The maximum atomic E-state index is 12.2. The fourth-order valence-electron chi connectivity index (χ4n) is 3.44. The number of benzene rings is 1. The van der Waals surface area contributed by atoms with Crippen molar-refractivity contribution in [3.05, 3.63) is 38.9 Å². The summed E-state index contributed by atoms with van der Waals surface area (Å²) < 4.78 is 9.79. The molecule has 4 N–H and O–H groups in total. The van der Waals surface area contributed by atoms with E-state index in [0.29, 0.717) is 22.2 Å². The van der Waals surface area contributed by atoms with Crippen LogP contribution in [-0.2, 0) is 6.61 Å². The van der Waals surface area contributed by atoms with Gasteiger partial charge in [0.25, 0.3) is 5.91 Å². The van der Waals surface area contributed by atoms with Crippen molar-refractivity contribution >= 4 is 51.7 Å². The zero-order valence-electron chi connectivity index (χ0n) is 17.9. The van der Waals surface area contributed by atoms with Gasteiger partial charge in [0, 0.05) is 12.1 Å². The van der Waals surface area contributed by atoms with Crippen LogP contribution in [0.15, 0.2) is 12.1 Å². The second kappa shape index (κ2) is 11.7. The van der Waals surface area contributed by atoms with Crippen LogP contribution in [0.2, 0.25) is 10.0 Å². The molecule has 1 fully saturated rings. The Morgan fingerprint density at radius 3 is 2.69 bits per heavy atom. The van der Waals surface area contributed by atoms with Gasteiger partial charge in [-0.25, -0.2) is 4.79 Å². The Morgan fingerprint density at radius 1 is 1.22 bits per heavy atom. The van der Waals surface area contributed by atoms with Gasteiger partial charge >= 0.3 is 6.03 Å². The predicted molar refractivity (Wildman–Crippen MR) is 128 cm³/mol. The smallest absolute Gasteiger partial charge is 0.319 e. The lowest BCUT2D eigenvalue weighted by atomic mass is 10.1. The monoisotopic (exact) mass is 499 g/mol. The summed E-state index contributed by atoms with van der Waals surface area (Å²) in [6.45, 7) is 5.83. The number of likely N-dealkylation sites (tertiary alicyclic amines) is 1. The SMILES string of the molecule is Cc1ccc(COc2nsc(NC(=O)NCCCCN3CCCC3)c2C(N)=O)c(Cl)c1Cl. The van der Waals surface area contributed by atoms with Gasteiger partial charge in [-0.15, -0.1) is 0 Å². The molecule has 0 unspecified atom stereocenters. The average molecular weight is 500 g/mol. The van der Waals surface area contributed by atoms with Crippen LogP contribution in [0.1, 0.15) is 47.2 Å². The lowest BCUT2D eigenvalue weighted by Crippen LogP contribution is -2.30. The van der Waals surface area contributed by atoms with Crippen LogP contribution < -0.4 is 21.1 Å². The molecule has 174 valence electrons. The molecule has 1 aromatic heterocycles. The van der Waals surface area contributed by atoms with E-state index < -0.39 is 11.9 Å². The average Bonchev–Trinajstić information content (AvgIpc) is 3.41. The Hall–Kier alpha value is -2.07. The highest BCUT2D eigenvalue weighted by Gasteiger charge is 2.22. The highest BCUT2D eigenvalue weighted by Crippen LogP contribution is 2.33. The lowest BCUT2D eigenvalue weighted by Gasteiger charge is -2.14. The Labute approximate surface area is 201 Å². The van der Waals surface area contributed by atoms with Gasteiger partial charge in [-0.3, -0.25) is 10.1 Å². The number of urea groups is 1. The molecule has 1 aromatic carbocycles. The van der Waals surface area contributed by atoms with Crippen molar-refractivity contribution in [1.29, 1.82) is 0 Å². The number of nitrogens with one attached hydrogen (secondary N) is 2. The van der Waals surface area contributed by atoms with Crippen molar-refractivity contribution in [2.45, 2.75) is 39.2 Å². The first-order chi connectivity index (χ1) is 15.4. The van der Waals surface area contributed by atoms with E-state index in [2.05, 4.69) is 19.9 Å². The van der Waals surface area contributed by atoms with Gasteiger partial charge in [0.2, 0.25) is 5.88 Å². The molecule has 8 nitrogen and oxygen atoms in total. The van der Waals surface area contributed by atoms with Crippen LogP contribution in [0.25, 0.3) is 0 Å². The van der Waals surface area contributed by atoms with Crippen LogP contribution in [0, 0.1) is 6.92 Å². The number of nitrogens with zero attached hydrogens (tertiary/aromatic N) is 2. The second-order valence-electron chi connectivity index (χ2n) is 7.65. The number of anilines is 1. The zero-order valence-corrected chi connectivity index (χ0v) is 20.2. The molecule has 0 saturated carbocycles. The van der Waals surface area contributed by atoms with E-state index in [1.54, 1.807) is 6.07 Å². The van der Waals surface area contributed by atoms with Gasteiger partial charge in [0.1, 0.15) is 17.2 Å². The van der Waals surface area contributed by atoms with Crippen molar-refractivity contribution < 1.29 is 14.3 Å². The molecule has 2 aromatic rings. The van der Waals surface area contributed by atoms with E-state index >= 15 is 0 Å². The quantitative estimate of drug-likeness (QED) is 0.418. The standard InChI is InChI=1S/C21H27Cl2N5O3S/c1-13-6-7-14(17(23)16(13)22)12-31-19-15(18(24)29)20(32-27-19)26-21(30)25-8-2-3-9-28-10-4-5-11-28/h6-7H,2-5,8-12H2,1H3,(H2,24,29)(H2,25,26,30). The van der Waals surface area contributed by atoms with E-state index in [4.69, 9.17) is 33.7 Å². The summed E-state index contributed by atoms with van der Waals surface area (Å²) in [5.74, 6) is -0.709. The number of unbranched alkanes of at least 4 members (excludes halogenated alkanes) is 1. The number of carbonyl (C=O) groups is 2. The number of hydrogen-bond acceptors (Lipinski definition) is 6. The van der Waals surface area contributed by atoms with Gasteiger partial charge in [0.05, 0.1) is 10.0 Å². The Balaban J connectivity index is 1.52. The summed E-state index contributed by atoms with van der Waals surface area (Å²) in [6.07, 6.45) is 4.45. The van der Waals surface area contributed by atoms with Crippen molar-refractivity contribution in [1.82, 2.24) is 14.6 Å². The number of halogens is 2. The highest BCUT2D eigenvalue weighted by atomic mass is 35.5. The Morgan fingerprint density at radius 2 is 1.97 bits per heavy atom. The van der Waals surface area contributed by atoms with Crippen LogP contribution >= 0.6 is 34.7 Å². The molecule has 0 atom stereocenters. The fourth-order valence-corrected chi connectivity index (χ4v) is 4.62. The number of rotatable bonds is 10. The van der Waals surface area contributed by atoms with E-state index in [-0.39, 0.29) is 23.1 Å². The third kappa shape index (κ3) is 6.48. The third-order valence-electron chi connectivity index (χ3n) is 5.24. The highest BCUT2D eigenvalue weighted by molar-refractivity contribution is 7.11. The van der Waals surface area contributed by atoms with E-state index in [1.807, 2.05) is 13.0 Å². The molecule has 1 aliphatic heterocycles. The van der Waals surface area contributed by atoms with Gasteiger partial charge in [-0.1, -0.05) is 35.3 Å². The number of aryl methyl sites for hydroxylation is 1. The first-order valence-electron chi connectivity index (χ1n) is 10.5. The number of hydrogen-bond donors (Lipinski definition) is 3. The predicted octanol–water partition coefficient (Wildman–Crippen LogP) is 4.43. The minimum absolute atomic E-state index is 0.0218. The number of nitrogens with two attached hydrogens (primary N) is 1. The molecular formula is C21H27Cl2N5O3S. The van der Waals surface area contributed by atoms with Crippen molar-refractivity contribution in [3.63, 3.8) is 0 Å². The molecule has 0 bridgehead atoms. The van der Waals surface area contributed by atoms with Gasteiger partial charge < -0.3 is 20.7 Å². The Bertz CT molecular complexity index is 963. The second-order valence-corrected chi connectivity index (χ2v) is 9.18. The molecule has 3 amide bonds. The van der Waals surface area contributed by atoms with Gasteiger partial charge in [-0.05, 0) is 69.3 Å². The number of amides is 3. The van der Waals surface area contributed by atoms with Crippen LogP contribution in [-0.4, -0.2) is 47.4 Å². The van der Waals surface area contributed by atoms with Gasteiger partial charge in [0.15, 0.2) is 0 Å². The minimum Gasteiger partial charge on any atom is -0.472 e. The molecule has 0 aliphatic carbocycles. The largest absolute Gasteiger partial charge is 0.472 e. The van der Waals surface area contributed by atoms with Gasteiger partial charge in [-0.2, -0.15) is 4.37 Å². The minimum atomic E-state index is -0.748. The molecule has 3 rings (SSSR count). The summed E-state index contributed by atoms with van der Waals surface area (Å²) in [6, 6.07) is 3.19. The van der Waals surface area contributed by atoms with Crippen molar-refractivity contribution in [3.8, 4) is 5.88 Å². The van der Waals surface area contributed by atoms with Crippen LogP contribution in [0.4, 0.5) is 9.80 Å². The molecule has 1 saturated heterocycles. The van der Waals surface area contributed by atoms with E-state index in [0.717, 1.165) is 36.5 Å². The fraction of sp³-hybridized carbons (Fsp3) is 0.476. The number of ether oxygens (including phenoxy) is 1. The van der Waals surface area contributed by atoms with E-state index in [1.165, 1.54) is 25.9 Å². The molecular weight excluding hydrogens is 473 g/mol. The topological polar surface area (TPSA) is 110 Å². The number of carbonyl (C=O) groups excluding carboxylic acids is 2. The number of primary amides is 1. The first kappa shape index (κ1) is 24.6. The van der Waals surface area contributed by atoms with Crippen molar-refractivity contribution in [2.75, 3.05) is 31.5 Å². The molecule has 0 radical (unpaired) electrons. The molecule has 32 heavy (non-hydrogen) atoms. The first-order valence-corrected chi connectivity index (χ1v) is 12.0. The third-order valence-corrected chi connectivity index (χ3v) is 7.00. The lowest BCUT2D eigenvalue weighted by molar-refractivity contribution is 0.0996. The van der Waals surface area contributed by atoms with Crippen LogP contribution in [0.3, 0.4) is 0 Å². The molecule has 0 spiro atoms. The molecule has 1 aliphatic rings. The Kier molecular flexibility index (Phi) is 8.98. The molecule has 2 heterocycles. The summed E-state index contributed by atoms with van der Waals surface area (Å²) in [4.78, 5) is 26.6. The molecule has 11 heteroatoms. The normalized spacial score (nSPS) is 13.8. The summed E-state index contributed by atoms with van der Waals surface area (Å²) >= 11 is 13.4.